The van der Waals surface area contributed by atoms with Crippen molar-refractivity contribution in [3.63, 3.8) is 0 Å². The van der Waals surface area contributed by atoms with Gasteiger partial charge < -0.3 is 56.4 Å². The second kappa shape index (κ2) is 39.7. The normalized spacial score (nSPS) is 12.1. The molecule has 0 atom stereocenters. The highest BCUT2D eigenvalue weighted by Crippen LogP contribution is 2.38. The number of aromatic nitrogens is 18. The highest BCUT2D eigenvalue weighted by atomic mass is 35.5. The molecule has 0 radical (unpaired) electrons. The number of allylic oxidation sites excluding steroid dienone is 1. The van der Waals surface area contributed by atoms with Gasteiger partial charge in [0.15, 0.2) is 89.2 Å². The van der Waals surface area contributed by atoms with Gasteiger partial charge in [-0.1, -0.05) is 177 Å². The average Bonchev–Trinajstić information content (AvgIpc) is 1.65. The third kappa shape index (κ3) is 23.7. The van der Waals surface area contributed by atoms with Gasteiger partial charge in [-0.3, -0.25) is 4.79 Å². The third-order valence-corrected chi connectivity index (χ3v) is 21.1. The quantitative estimate of drug-likeness (QED) is 0.0167. The molecular weight excluding hydrogens is 1610 g/mol. The van der Waals surface area contributed by atoms with Crippen LogP contribution >= 0.6 is 105 Å². The Hall–Kier alpha value is -9.27. The van der Waals surface area contributed by atoms with E-state index < -0.39 is 0 Å². The summed E-state index contributed by atoms with van der Waals surface area (Å²) in [7, 11) is 0. The van der Waals surface area contributed by atoms with E-state index in [4.69, 9.17) is 109 Å². The Balaban J connectivity index is 0.000000149. The number of carbonyl (C=O) groups excluding carboxylic acids is 1. The number of anilines is 4. The van der Waals surface area contributed by atoms with Gasteiger partial charge in [-0.05, 0) is 135 Å². The van der Waals surface area contributed by atoms with E-state index in [-0.39, 0.29) is 27.9 Å². The Kier molecular flexibility index (Phi) is 29.7. The van der Waals surface area contributed by atoms with Crippen molar-refractivity contribution in [3.8, 4) is 24.2 Å². The highest BCUT2D eigenvalue weighted by Gasteiger charge is 2.25. The number of rotatable bonds is 26. The van der Waals surface area contributed by atoms with E-state index in [0.717, 1.165) is 111 Å². The van der Waals surface area contributed by atoms with Gasteiger partial charge >= 0.3 is 0 Å². The maximum atomic E-state index is 13.0. The largest absolute Gasteiger partial charge is 0.382 e. The lowest BCUT2D eigenvalue weighted by Gasteiger charge is -2.12. The summed E-state index contributed by atoms with van der Waals surface area (Å²) in [5.74, 6) is 10.9. The van der Waals surface area contributed by atoms with Crippen LogP contribution in [0.4, 0.5) is 23.3 Å². The Labute approximate surface area is 697 Å². The first-order chi connectivity index (χ1) is 54.2. The molecule has 586 valence electrons. The minimum Gasteiger partial charge on any atom is -0.382 e. The summed E-state index contributed by atoms with van der Waals surface area (Å²) in [6.07, 6.45) is 27.3. The summed E-state index contributed by atoms with van der Waals surface area (Å²) in [5, 5.41) is 12.5. The first-order valence-corrected chi connectivity index (χ1v) is 41.0. The number of fused-ring (bicyclic) bond motifs is 4. The van der Waals surface area contributed by atoms with Crippen LogP contribution in [0.25, 0.3) is 50.7 Å². The standard InChI is InChI=1S/C23H31ClN6S.C22H25ClN6S.C17H15Cl2N7S.C17H13Cl2N5O/c1-15(2)26-9-6-10-30-21-19(20(25)27-14-28-21)29-22(30)31-18-12-16(11-17(24)13-18)7-8-23(3,4)5;1-14(2)25-8-3-9-29-21-19(20(24)26-13-27-21)28-22(29)30-18-11-16(10-17(23)12-18)7-6-15-4-5-15;18-11-6-12(19)8-13(7-11)27-17-24-14-15(20)22-9-23-16(14)26(17)4-1-3-25-5-2-21-10-25;1-2-3-4-7-24-16-13(15(20)21-9-22-16)23-17(24)14(25)11-6-5-10(18)8-12(11)19/h7-8,11-15,26H,6,9-10H2,1-5H3,(H2,25,27,28);10-15,25H,3-5,8-9H2,1-2H3,(H2,24,26,27);2,5-10H,1,3-4H2,(H2,20,22,23);1,5-6,8-9H,3-4,7H2,(H2,20,21,22)/b8-7+;;;. The fourth-order valence-electron chi connectivity index (χ4n) is 11.3. The van der Waals surface area contributed by atoms with Crippen molar-refractivity contribution in [2.75, 3.05) is 36.0 Å². The molecule has 1 saturated carbocycles. The Morgan fingerprint density at radius 2 is 1.02 bits per heavy atom. The molecule has 0 aliphatic heterocycles. The van der Waals surface area contributed by atoms with Crippen LogP contribution in [0.1, 0.15) is 121 Å². The molecule has 9 heterocycles. The number of nitrogen functional groups attached to an aromatic ring is 4. The maximum Gasteiger partial charge on any atom is 0.230 e. The number of ketones is 1. The Bertz CT molecular complexity index is 5620. The summed E-state index contributed by atoms with van der Waals surface area (Å²) in [5.41, 5.74) is 31.3. The number of imidazole rings is 5. The molecule has 10 N–H and O–H groups in total. The Morgan fingerprint density at radius 3 is 1.49 bits per heavy atom. The summed E-state index contributed by atoms with van der Waals surface area (Å²) >= 11 is 41.7. The van der Waals surface area contributed by atoms with Gasteiger partial charge in [0.2, 0.25) is 5.78 Å². The SMILES string of the molecule is C#CCCCn1c(C(=O)c2ccc(Cl)cc2Cl)nc2c(N)ncnc21.CC(C)NCCCn1c(Sc2cc(Cl)cc(/C=C/C(C)(C)C)c2)nc2c(N)ncnc21.CC(C)NCCCn1c(Sc2cc(Cl)cc(C#CC3CC3)c2)nc2c(N)ncnc21.Nc1ncnc2c1nc(Sc1cc(Cl)cc(Cl)c1)n2CCCn1ccnc1. The van der Waals surface area contributed by atoms with E-state index in [2.05, 4.69) is 165 Å². The fraction of sp³-hybridized carbons (Fsp3) is 0.316. The zero-order valence-corrected chi connectivity index (χ0v) is 70.1. The molecule has 113 heavy (non-hydrogen) atoms. The maximum absolute atomic E-state index is 13.0. The van der Waals surface area contributed by atoms with Gasteiger partial charge in [-0.15, -0.1) is 12.3 Å². The van der Waals surface area contributed by atoms with E-state index in [9.17, 15) is 4.79 Å². The number of hydrogen-bond acceptors (Lipinski definition) is 23. The summed E-state index contributed by atoms with van der Waals surface area (Å²) in [4.78, 5) is 72.1. The second-order valence-electron chi connectivity index (χ2n) is 27.8. The van der Waals surface area contributed by atoms with Gasteiger partial charge in [0.25, 0.3) is 0 Å². The van der Waals surface area contributed by atoms with Gasteiger partial charge in [0.05, 0.1) is 11.3 Å². The van der Waals surface area contributed by atoms with Crippen molar-refractivity contribution < 1.29 is 4.79 Å². The molecular formula is C79H84Cl6N24OS3. The van der Waals surface area contributed by atoms with Gasteiger partial charge in [-0.25, -0.2) is 64.8 Å². The minimum atomic E-state index is -0.347. The molecule has 1 aliphatic rings. The van der Waals surface area contributed by atoms with Crippen molar-refractivity contribution >= 4 is 185 Å². The molecule has 14 rings (SSSR count). The first-order valence-electron chi connectivity index (χ1n) is 36.3. The summed E-state index contributed by atoms with van der Waals surface area (Å²) in [6, 6.07) is 22.9. The molecule has 0 bridgehead atoms. The fourth-order valence-corrected chi connectivity index (χ4v) is 16.1. The first kappa shape index (κ1) is 84.6. The minimum absolute atomic E-state index is 0.101. The molecule has 0 unspecified atom stereocenters. The third-order valence-electron chi connectivity index (χ3n) is 16.8. The van der Waals surface area contributed by atoms with Gasteiger partial charge in [-0.2, -0.15) is 0 Å². The van der Waals surface area contributed by atoms with Crippen molar-refractivity contribution in [2.24, 2.45) is 11.3 Å². The predicted molar refractivity (Wildman–Crippen MR) is 459 cm³/mol. The van der Waals surface area contributed by atoms with Gasteiger partial charge in [0.1, 0.15) is 25.3 Å². The Morgan fingerprint density at radius 1 is 0.558 bits per heavy atom. The number of hydrogen-bond donors (Lipinski definition) is 6. The van der Waals surface area contributed by atoms with Gasteiger partial charge in [0, 0.05) is 120 Å². The zero-order valence-electron chi connectivity index (χ0n) is 63.1. The van der Waals surface area contributed by atoms with Crippen molar-refractivity contribution in [1.29, 1.82) is 0 Å². The van der Waals surface area contributed by atoms with Crippen LogP contribution in [0, 0.1) is 35.5 Å². The number of benzene rings is 4. The van der Waals surface area contributed by atoms with E-state index in [1.165, 1.54) is 56.0 Å². The van der Waals surface area contributed by atoms with E-state index >= 15 is 0 Å². The summed E-state index contributed by atoms with van der Waals surface area (Å²) < 4.78 is 10.00. The number of nitrogens with two attached hydrogens (primary N) is 4. The van der Waals surface area contributed by atoms with Crippen LogP contribution in [-0.4, -0.2) is 119 Å². The van der Waals surface area contributed by atoms with E-state index in [0.29, 0.717) is 119 Å². The highest BCUT2D eigenvalue weighted by molar-refractivity contribution is 7.99. The number of carbonyl (C=O) groups is 1. The number of nitrogens with zero attached hydrogens (tertiary/aromatic N) is 18. The van der Waals surface area contributed by atoms with Crippen LogP contribution < -0.4 is 33.6 Å². The zero-order chi connectivity index (χ0) is 80.5. The lowest BCUT2D eigenvalue weighted by Crippen LogP contribution is -2.24. The van der Waals surface area contributed by atoms with E-state index in [1.54, 1.807) is 58.8 Å². The van der Waals surface area contributed by atoms with Crippen LogP contribution in [0.5, 0.6) is 0 Å². The molecule has 9 aromatic heterocycles. The average molecular weight is 1690 g/mol. The number of halogens is 6. The predicted octanol–water partition coefficient (Wildman–Crippen LogP) is 17.5. The lowest BCUT2D eigenvalue weighted by atomic mass is 9.95. The smallest absolute Gasteiger partial charge is 0.230 e. The summed E-state index contributed by atoms with van der Waals surface area (Å²) in [6.45, 7) is 20.5. The van der Waals surface area contributed by atoms with E-state index in [1.807, 2.05) is 51.7 Å². The molecule has 34 heteroatoms. The number of nitrogens with one attached hydrogen (secondary N) is 2. The van der Waals surface area contributed by atoms with Crippen molar-refractivity contribution in [2.45, 2.75) is 168 Å². The number of terminal acetylenes is 1. The molecule has 0 saturated heterocycles. The molecule has 13 aromatic rings. The lowest BCUT2D eigenvalue weighted by molar-refractivity contribution is 0.102. The van der Waals surface area contributed by atoms with Crippen molar-refractivity contribution in [1.82, 2.24) is 98.3 Å². The molecule has 4 aromatic carbocycles. The van der Waals surface area contributed by atoms with Crippen molar-refractivity contribution in [3.05, 3.63) is 176 Å². The number of unbranched alkanes of at least 4 members (excludes halogenated alkanes) is 1. The van der Waals surface area contributed by atoms with Crippen LogP contribution in [-0.2, 0) is 32.7 Å². The van der Waals surface area contributed by atoms with Crippen LogP contribution in [0.15, 0.2) is 153 Å². The molecule has 0 spiro atoms. The van der Waals surface area contributed by atoms with Crippen LogP contribution in [0.2, 0.25) is 30.1 Å². The molecule has 1 fully saturated rings. The topological polar surface area (TPSA) is 337 Å². The molecule has 0 amide bonds. The second-order valence-corrected chi connectivity index (χ2v) is 33.6. The molecule has 25 nitrogen and oxygen atoms in total. The van der Waals surface area contributed by atoms with Crippen LogP contribution in [0.3, 0.4) is 0 Å². The number of aryl methyl sites for hydroxylation is 5. The monoisotopic (exact) mass is 1690 g/mol. The molecule has 1 aliphatic carbocycles.